The summed E-state index contributed by atoms with van der Waals surface area (Å²) in [7, 11) is 0. The third-order valence-corrected chi connectivity index (χ3v) is 3.38. The first-order chi connectivity index (χ1) is 11.3. The molecule has 0 radical (unpaired) electrons. The van der Waals surface area contributed by atoms with Crippen LogP contribution in [0.3, 0.4) is 0 Å². The maximum absolute atomic E-state index is 8.25. The molecule has 0 spiro atoms. The third kappa shape index (κ3) is 1.33. The van der Waals surface area contributed by atoms with Crippen LogP contribution in [0.15, 0.2) is 63.3 Å². The average Bonchev–Trinajstić information content (AvgIpc) is 2.93. The van der Waals surface area contributed by atoms with E-state index in [0.717, 1.165) is 4.47 Å². The van der Waals surface area contributed by atoms with E-state index in [2.05, 4.69) is 15.9 Å². The Kier molecular flexibility index (Phi) is 1.18. The second kappa shape index (κ2) is 3.59. The van der Waals surface area contributed by atoms with Crippen molar-refractivity contribution >= 4 is 48.6 Å². The van der Waals surface area contributed by atoms with Gasteiger partial charge in [0.25, 0.3) is 0 Å². The van der Waals surface area contributed by atoms with Crippen molar-refractivity contribution < 1.29 is 12.6 Å². The lowest BCUT2D eigenvalue weighted by atomic mass is 10.0. The van der Waals surface area contributed by atoms with Crippen LogP contribution in [0.5, 0.6) is 0 Å². The number of fused-ring (bicyclic) bond motifs is 5. The fraction of sp³-hybridized carbons (Fsp3) is 0. The second-order valence-electron chi connectivity index (χ2n) is 3.95. The molecule has 1 aromatic heterocycles. The minimum Gasteiger partial charge on any atom is -0.456 e. The van der Waals surface area contributed by atoms with Crippen LogP contribution in [-0.4, -0.2) is 0 Å². The summed E-state index contributed by atoms with van der Waals surface area (Å²) in [6.45, 7) is 0. The van der Waals surface area contributed by atoms with Gasteiger partial charge in [-0.25, -0.2) is 0 Å². The number of furan rings is 1. The first kappa shape index (κ1) is 5.89. The highest BCUT2D eigenvalue weighted by molar-refractivity contribution is 9.10. The molecule has 0 aliphatic carbocycles. The summed E-state index contributed by atoms with van der Waals surface area (Å²) in [5.41, 5.74) is 0.659. The smallest absolute Gasteiger partial charge is 0.136 e. The summed E-state index contributed by atoms with van der Waals surface area (Å²) in [6.07, 6.45) is 0. The molecule has 2 heteroatoms. The predicted molar refractivity (Wildman–Crippen MR) is 78.9 cm³/mol. The van der Waals surface area contributed by atoms with Gasteiger partial charge in [-0.05, 0) is 35.0 Å². The maximum Gasteiger partial charge on any atom is 0.136 e. The SMILES string of the molecule is [2H]c1c([2H])c([2H])c2c(c1[2H])c([2H])c([2H])c1oc3ccc(Br)cc3c12. The van der Waals surface area contributed by atoms with E-state index in [4.69, 9.17) is 12.6 Å². The molecule has 1 heterocycles. The summed E-state index contributed by atoms with van der Waals surface area (Å²) in [5.74, 6) is 0. The highest BCUT2D eigenvalue weighted by Gasteiger charge is 2.10. The molecule has 3 aromatic carbocycles. The van der Waals surface area contributed by atoms with Crippen LogP contribution in [0.2, 0.25) is 0 Å². The minimum absolute atomic E-state index is 0.0428. The van der Waals surface area contributed by atoms with Crippen LogP contribution >= 0.6 is 15.9 Å². The van der Waals surface area contributed by atoms with Gasteiger partial charge in [0.1, 0.15) is 11.2 Å². The molecule has 4 rings (SSSR count). The number of hydrogen-bond acceptors (Lipinski definition) is 1. The lowest BCUT2D eigenvalue weighted by Crippen LogP contribution is -1.73. The van der Waals surface area contributed by atoms with Crippen molar-refractivity contribution in [1.82, 2.24) is 0 Å². The van der Waals surface area contributed by atoms with Crippen molar-refractivity contribution in [2.45, 2.75) is 0 Å². The Hall–Kier alpha value is -1.80. The Morgan fingerprint density at radius 3 is 2.78 bits per heavy atom. The lowest BCUT2D eigenvalue weighted by Gasteiger charge is -1.98. The molecule has 0 saturated carbocycles. The molecule has 0 atom stereocenters. The number of hydrogen-bond donors (Lipinski definition) is 0. The zero-order valence-corrected chi connectivity index (χ0v) is 10.6. The van der Waals surface area contributed by atoms with E-state index < -0.39 is 6.04 Å². The van der Waals surface area contributed by atoms with Crippen molar-refractivity contribution in [3.05, 3.63) is 58.9 Å². The first-order valence-electron chi connectivity index (χ1n) is 8.34. The monoisotopic (exact) mass is 302 g/mol. The quantitative estimate of drug-likeness (QED) is 0.418. The summed E-state index contributed by atoms with van der Waals surface area (Å²) < 4.78 is 55.0. The topological polar surface area (TPSA) is 13.1 Å². The maximum atomic E-state index is 8.25. The molecular formula is C16H9BrO. The van der Waals surface area contributed by atoms with Crippen molar-refractivity contribution in [3.63, 3.8) is 0 Å². The van der Waals surface area contributed by atoms with E-state index in [1.165, 1.54) is 0 Å². The van der Waals surface area contributed by atoms with E-state index in [9.17, 15) is 0 Å². The average molecular weight is 303 g/mol. The molecule has 0 aliphatic rings. The summed E-state index contributed by atoms with van der Waals surface area (Å²) in [6, 6.07) is 3.53. The summed E-state index contributed by atoms with van der Waals surface area (Å²) in [5, 5.41) is 1.34. The van der Waals surface area contributed by atoms with Crippen molar-refractivity contribution in [2.75, 3.05) is 0 Å². The predicted octanol–water partition coefficient (Wildman–Crippen LogP) is 5.50. The Morgan fingerprint density at radius 2 is 1.83 bits per heavy atom. The zero-order chi connectivity index (χ0) is 17.3. The van der Waals surface area contributed by atoms with E-state index >= 15 is 0 Å². The number of benzene rings is 3. The first-order valence-corrected chi connectivity index (χ1v) is 6.13. The van der Waals surface area contributed by atoms with Gasteiger partial charge in [0, 0.05) is 15.2 Å². The third-order valence-electron chi connectivity index (χ3n) is 2.89. The summed E-state index contributed by atoms with van der Waals surface area (Å²) >= 11 is 3.38. The van der Waals surface area contributed by atoms with Gasteiger partial charge < -0.3 is 4.42 Å². The molecule has 0 saturated heterocycles. The molecule has 4 aromatic rings. The van der Waals surface area contributed by atoms with Gasteiger partial charge in [0.05, 0.1) is 8.22 Å². The van der Waals surface area contributed by atoms with Gasteiger partial charge in [-0.15, -0.1) is 0 Å². The minimum atomic E-state index is -0.409. The molecule has 0 fully saturated rings. The fourth-order valence-corrected chi connectivity index (χ4v) is 2.48. The van der Waals surface area contributed by atoms with Crippen LogP contribution in [0, 0.1) is 0 Å². The number of halogens is 1. The van der Waals surface area contributed by atoms with Crippen LogP contribution in [0.4, 0.5) is 0 Å². The normalized spacial score (nSPS) is 16.3. The van der Waals surface area contributed by atoms with E-state index in [1.807, 2.05) is 0 Å². The zero-order valence-electron chi connectivity index (χ0n) is 15.0. The molecule has 0 amide bonds. The molecule has 18 heavy (non-hydrogen) atoms. The van der Waals surface area contributed by atoms with Crippen molar-refractivity contribution in [1.29, 1.82) is 0 Å². The van der Waals surface area contributed by atoms with Gasteiger partial charge >= 0.3 is 0 Å². The van der Waals surface area contributed by atoms with Gasteiger partial charge in [-0.2, -0.15) is 0 Å². The standard InChI is InChI=1S/C16H9BrO/c17-11-6-8-14-13(9-11)16-12-4-2-1-3-10(12)5-7-15(16)18-14/h1-9H/i1D,2D,3D,4D,5D,7D. The molecule has 0 aliphatic heterocycles. The fourth-order valence-electron chi connectivity index (χ4n) is 2.12. The van der Waals surface area contributed by atoms with Crippen LogP contribution < -0.4 is 0 Å². The Labute approximate surface area is 121 Å². The van der Waals surface area contributed by atoms with Crippen molar-refractivity contribution in [3.8, 4) is 0 Å². The molecule has 0 N–H and O–H groups in total. The van der Waals surface area contributed by atoms with Gasteiger partial charge in [-0.1, -0.05) is 46.1 Å². The Morgan fingerprint density at radius 1 is 0.944 bits per heavy atom. The largest absolute Gasteiger partial charge is 0.456 e. The highest BCUT2D eigenvalue weighted by atomic mass is 79.9. The summed E-state index contributed by atoms with van der Waals surface area (Å²) in [4.78, 5) is 0. The Balaban J connectivity index is 2.46. The van der Waals surface area contributed by atoms with E-state index in [1.54, 1.807) is 18.2 Å². The highest BCUT2D eigenvalue weighted by Crippen LogP contribution is 2.35. The molecular weight excluding hydrogens is 288 g/mol. The number of rotatable bonds is 0. The van der Waals surface area contributed by atoms with Crippen LogP contribution in [0.1, 0.15) is 8.22 Å². The molecule has 0 unspecified atom stereocenters. The molecule has 1 nitrogen and oxygen atoms in total. The molecule has 0 bridgehead atoms. The Bertz CT molecular complexity index is 1180. The van der Waals surface area contributed by atoms with Gasteiger partial charge in [-0.3, -0.25) is 0 Å². The van der Waals surface area contributed by atoms with Crippen molar-refractivity contribution in [2.24, 2.45) is 0 Å². The van der Waals surface area contributed by atoms with Gasteiger partial charge in [0.15, 0.2) is 0 Å². The second-order valence-corrected chi connectivity index (χ2v) is 4.86. The van der Waals surface area contributed by atoms with Crippen LogP contribution in [0.25, 0.3) is 32.7 Å². The van der Waals surface area contributed by atoms with Gasteiger partial charge in [0.2, 0.25) is 0 Å². The lowest BCUT2D eigenvalue weighted by molar-refractivity contribution is 0.669. The van der Waals surface area contributed by atoms with Crippen LogP contribution in [-0.2, 0) is 0 Å². The van der Waals surface area contributed by atoms with E-state index in [-0.39, 0.29) is 46.6 Å². The molecule has 86 valence electrons. The van der Waals surface area contributed by atoms with E-state index in [0.29, 0.717) is 16.4 Å².